The Labute approximate surface area is 167 Å². The maximum atomic E-state index is 13.3. The van der Waals surface area contributed by atoms with Gasteiger partial charge in [0.1, 0.15) is 5.56 Å². The van der Waals surface area contributed by atoms with E-state index in [1.807, 2.05) is 24.1 Å². The molecule has 2 atom stereocenters. The van der Waals surface area contributed by atoms with Crippen molar-refractivity contribution in [3.63, 3.8) is 0 Å². The van der Waals surface area contributed by atoms with Gasteiger partial charge in [-0.1, -0.05) is 19.3 Å². The first kappa shape index (κ1) is 19.6. The highest BCUT2D eigenvalue weighted by atomic mass is 16.5. The molecule has 154 valence electrons. The standard InChI is InChI=1S/C22H33N3O3/c1-17-6-8-24(11-10-23-12-14-28-15-13-23)21(26)20(17)22(27)25-9-7-18-4-2-3-5-19(18)16-25/h6,8,18-19H,2-5,7,9-16H2,1H3/t18-,19-/m0/s1. The van der Waals surface area contributed by atoms with Crippen LogP contribution in [0.5, 0.6) is 0 Å². The van der Waals surface area contributed by atoms with Crippen LogP contribution < -0.4 is 5.56 Å². The summed E-state index contributed by atoms with van der Waals surface area (Å²) in [5.74, 6) is 1.34. The summed E-state index contributed by atoms with van der Waals surface area (Å²) < 4.78 is 7.10. The highest BCUT2D eigenvalue weighted by Crippen LogP contribution is 2.36. The first-order valence-electron chi connectivity index (χ1n) is 10.9. The molecule has 1 aromatic heterocycles. The Balaban J connectivity index is 1.47. The quantitative estimate of drug-likeness (QED) is 0.794. The van der Waals surface area contributed by atoms with E-state index in [-0.39, 0.29) is 11.5 Å². The Kier molecular flexibility index (Phi) is 6.16. The van der Waals surface area contributed by atoms with Crippen molar-refractivity contribution in [2.24, 2.45) is 11.8 Å². The first-order chi connectivity index (χ1) is 13.6. The molecular formula is C22H33N3O3. The number of hydrogen-bond acceptors (Lipinski definition) is 4. The number of aryl methyl sites for hydroxylation is 1. The molecule has 4 rings (SSSR count). The van der Waals surface area contributed by atoms with E-state index >= 15 is 0 Å². The molecule has 0 spiro atoms. The zero-order valence-electron chi connectivity index (χ0n) is 17.1. The lowest BCUT2D eigenvalue weighted by molar-refractivity contribution is 0.0362. The molecule has 3 aliphatic rings. The molecule has 1 amide bonds. The number of likely N-dealkylation sites (tertiary alicyclic amines) is 1. The van der Waals surface area contributed by atoms with Crippen LogP contribution in [0.15, 0.2) is 17.1 Å². The number of carbonyl (C=O) groups is 1. The van der Waals surface area contributed by atoms with Crippen LogP contribution in [0, 0.1) is 18.8 Å². The fourth-order valence-electron chi connectivity index (χ4n) is 5.12. The van der Waals surface area contributed by atoms with Gasteiger partial charge in [-0.05, 0) is 43.2 Å². The van der Waals surface area contributed by atoms with Crippen molar-refractivity contribution in [2.45, 2.75) is 45.6 Å². The zero-order valence-corrected chi connectivity index (χ0v) is 17.1. The van der Waals surface area contributed by atoms with Crippen molar-refractivity contribution in [3.8, 4) is 0 Å². The van der Waals surface area contributed by atoms with Gasteiger partial charge in [-0.25, -0.2) is 0 Å². The monoisotopic (exact) mass is 387 g/mol. The Morgan fingerprint density at radius 1 is 1.07 bits per heavy atom. The third-order valence-electron chi connectivity index (χ3n) is 6.93. The van der Waals surface area contributed by atoms with Gasteiger partial charge in [0.2, 0.25) is 0 Å². The van der Waals surface area contributed by atoms with Crippen LogP contribution in [-0.4, -0.2) is 66.2 Å². The average Bonchev–Trinajstić information content (AvgIpc) is 2.73. The smallest absolute Gasteiger partial charge is 0.263 e. The number of piperidine rings is 1. The highest BCUT2D eigenvalue weighted by Gasteiger charge is 2.34. The number of nitrogens with zero attached hydrogens (tertiary/aromatic N) is 3. The highest BCUT2D eigenvalue weighted by molar-refractivity contribution is 5.95. The Hall–Kier alpha value is -1.66. The second-order valence-electron chi connectivity index (χ2n) is 8.67. The van der Waals surface area contributed by atoms with Crippen molar-refractivity contribution in [2.75, 3.05) is 45.9 Å². The van der Waals surface area contributed by atoms with Crippen molar-refractivity contribution < 1.29 is 9.53 Å². The molecular weight excluding hydrogens is 354 g/mol. The number of ether oxygens (including phenoxy) is 1. The molecule has 2 aliphatic heterocycles. The van der Waals surface area contributed by atoms with Gasteiger partial charge >= 0.3 is 0 Å². The normalized spacial score (nSPS) is 26.1. The zero-order chi connectivity index (χ0) is 19.5. The fraction of sp³-hybridized carbons (Fsp3) is 0.727. The minimum Gasteiger partial charge on any atom is -0.379 e. The van der Waals surface area contributed by atoms with Crippen molar-refractivity contribution in [1.82, 2.24) is 14.4 Å². The summed E-state index contributed by atoms with van der Waals surface area (Å²) in [7, 11) is 0. The SMILES string of the molecule is Cc1ccn(CCN2CCOCC2)c(=O)c1C(=O)N1CC[C@@H]2CCCC[C@H]2C1. The molecule has 1 aromatic rings. The van der Waals surface area contributed by atoms with E-state index < -0.39 is 0 Å². The summed E-state index contributed by atoms with van der Waals surface area (Å²) >= 11 is 0. The lowest BCUT2D eigenvalue weighted by Gasteiger charge is -2.41. The minimum absolute atomic E-state index is 0.0627. The van der Waals surface area contributed by atoms with Crippen LogP contribution in [0.3, 0.4) is 0 Å². The van der Waals surface area contributed by atoms with Gasteiger partial charge in [-0.2, -0.15) is 0 Å². The van der Waals surface area contributed by atoms with Crippen LogP contribution in [-0.2, 0) is 11.3 Å². The second kappa shape index (κ2) is 8.78. The van der Waals surface area contributed by atoms with Crippen LogP contribution >= 0.6 is 0 Å². The number of pyridine rings is 1. The summed E-state index contributed by atoms with van der Waals surface area (Å²) in [4.78, 5) is 30.6. The second-order valence-corrected chi connectivity index (χ2v) is 8.67. The number of carbonyl (C=O) groups excluding carboxylic acids is 1. The number of amides is 1. The molecule has 0 bridgehead atoms. The number of rotatable bonds is 4. The number of fused-ring (bicyclic) bond motifs is 1. The molecule has 0 unspecified atom stereocenters. The minimum atomic E-state index is -0.135. The average molecular weight is 388 g/mol. The van der Waals surface area contributed by atoms with Gasteiger partial charge in [0.05, 0.1) is 13.2 Å². The Bertz CT molecular complexity index is 754. The maximum absolute atomic E-state index is 13.3. The molecule has 1 aliphatic carbocycles. The summed E-state index contributed by atoms with van der Waals surface area (Å²) in [6.45, 7) is 8.25. The van der Waals surface area contributed by atoms with E-state index in [4.69, 9.17) is 4.74 Å². The summed E-state index contributed by atoms with van der Waals surface area (Å²) in [5.41, 5.74) is 1.03. The third kappa shape index (κ3) is 4.18. The van der Waals surface area contributed by atoms with Crippen molar-refractivity contribution >= 4 is 5.91 Å². The largest absolute Gasteiger partial charge is 0.379 e. The Morgan fingerprint density at radius 3 is 2.61 bits per heavy atom. The van der Waals surface area contributed by atoms with Gasteiger partial charge in [-0.3, -0.25) is 14.5 Å². The molecule has 3 fully saturated rings. The van der Waals surface area contributed by atoms with Crippen LogP contribution in [0.1, 0.15) is 48.0 Å². The number of aromatic nitrogens is 1. The number of morpholine rings is 1. The van der Waals surface area contributed by atoms with Gasteiger partial charge in [0, 0.05) is 45.5 Å². The lowest BCUT2D eigenvalue weighted by atomic mass is 9.75. The first-order valence-corrected chi connectivity index (χ1v) is 10.9. The van der Waals surface area contributed by atoms with Crippen LogP contribution in [0.2, 0.25) is 0 Å². The summed E-state index contributed by atoms with van der Waals surface area (Å²) in [6.07, 6.45) is 8.08. The van der Waals surface area contributed by atoms with E-state index in [0.717, 1.165) is 63.8 Å². The van der Waals surface area contributed by atoms with Gasteiger partial charge < -0.3 is 14.2 Å². The van der Waals surface area contributed by atoms with E-state index in [1.165, 1.54) is 25.7 Å². The van der Waals surface area contributed by atoms with Gasteiger partial charge in [0.15, 0.2) is 0 Å². The summed E-state index contributed by atoms with van der Waals surface area (Å²) in [6, 6.07) is 1.92. The van der Waals surface area contributed by atoms with Crippen molar-refractivity contribution in [1.29, 1.82) is 0 Å². The molecule has 6 heteroatoms. The topological polar surface area (TPSA) is 54.8 Å². The molecule has 6 nitrogen and oxygen atoms in total. The van der Waals surface area contributed by atoms with Crippen LogP contribution in [0.4, 0.5) is 0 Å². The lowest BCUT2D eigenvalue weighted by Crippen LogP contribution is -2.47. The van der Waals surface area contributed by atoms with E-state index in [9.17, 15) is 9.59 Å². The Morgan fingerprint density at radius 2 is 1.82 bits per heavy atom. The molecule has 0 N–H and O–H groups in total. The molecule has 2 saturated heterocycles. The predicted octanol–water partition coefficient (Wildman–Crippen LogP) is 2.14. The van der Waals surface area contributed by atoms with Crippen LogP contribution in [0.25, 0.3) is 0 Å². The fourth-order valence-corrected chi connectivity index (χ4v) is 5.12. The van der Waals surface area contributed by atoms with E-state index in [1.54, 1.807) is 4.57 Å². The van der Waals surface area contributed by atoms with Gasteiger partial charge in [-0.15, -0.1) is 0 Å². The molecule has 0 aromatic carbocycles. The molecule has 1 saturated carbocycles. The number of hydrogen-bond donors (Lipinski definition) is 0. The molecule has 28 heavy (non-hydrogen) atoms. The van der Waals surface area contributed by atoms with E-state index in [2.05, 4.69) is 4.90 Å². The molecule has 3 heterocycles. The van der Waals surface area contributed by atoms with Gasteiger partial charge in [0.25, 0.3) is 11.5 Å². The third-order valence-corrected chi connectivity index (χ3v) is 6.93. The molecule has 0 radical (unpaired) electrons. The summed E-state index contributed by atoms with van der Waals surface area (Å²) in [5, 5.41) is 0. The van der Waals surface area contributed by atoms with Crippen molar-refractivity contribution in [3.05, 3.63) is 33.7 Å². The van der Waals surface area contributed by atoms with E-state index in [0.29, 0.717) is 18.0 Å². The predicted molar refractivity (Wildman–Crippen MR) is 109 cm³/mol. The maximum Gasteiger partial charge on any atom is 0.263 e.